The van der Waals surface area contributed by atoms with Gasteiger partial charge in [0.25, 0.3) is 0 Å². The number of ether oxygens (including phenoxy) is 1. The number of nitrogens with zero attached hydrogens (tertiary/aromatic N) is 1. The van der Waals surface area contributed by atoms with E-state index in [4.69, 9.17) is 4.74 Å². The second kappa shape index (κ2) is 9.56. The molecule has 29 heavy (non-hydrogen) atoms. The number of hydrogen-bond donors (Lipinski definition) is 3. The molecule has 0 aliphatic carbocycles. The van der Waals surface area contributed by atoms with Gasteiger partial charge in [-0.1, -0.05) is 18.2 Å². The standard InChI is InChI=1S/C21H28N4O4/c1-3-29-20(27)18-14(2)22-21(28)24-17(18)13-25-11-7-8-15(12-25)19(26)23-16-9-5-4-6-10-16/h4-6,9-10,14-15H,3,7-8,11-13H2,1-2H3,(H,23,26)(H2,22,24,28). The highest BCUT2D eigenvalue weighted by molar-refractivity contribution is 5.95. The lowest BCUT2D eigenvalue weighted by atomic mass is 9.96. The highest BCUT2D eigenvalue weighted by Crippen LogP contribution is 2.22. The quantitative estimate of drug-likeness (QED) is 0.633. The van der Waals surface area contributed by atoms with Crippen molar-refractivity contribution in [2.24, 2.45) is 5.92 Å². The van der Waals surface area contributed by atoms with Crippen molar-refractivity contribution in [3.8, 4) is 0 Å². The first-order valence-corrected chi connectivity index (χ1v) is 10.0. The molecule has 1 aromatic rings. The molecule has 0 bridgehead atoms. The van der Waals surface area contributed by atoms with E-state index in [-0.39, 0.29) is 24.5 Å². The van der Waals surface area contributed by atoms with Crippen molar-refractivity contribution in [1.82, 2.24) is 15.5 Å². The summed E-state index contributed by atoms with van der Waals surface area (Å²) in [5, 5.41) is 8.41. The molecule has 1 fully saturated rings. The van der Waals surface area contributed by atoms with E-state index in [1.54, 1.807) is 13.8 Å². The van der Waals surface area contributed by atoms with Gasteiger partial charge in [0, 0.05) is 24.5 Å². The molecule has 3 rings (SSSR count). The number of amides is 3. The normalized spacial score (nSPS) is 22.5. The van der Waals surface area contributed by atoms with Crippen molar-refractivity contribution in [1.29, 1.82) is 0 Å². The summed E-state index contributed by atoms with van der Waals surface area (Å²) in [7, 11) is 0. The first kappa shape index (κ1) is 20.9. The van der Waals surface area contributed by atoms with Gasteiger partial charge in [-0.2, -0.15) is 0 Å². The third-order valence-corrected chi connectivity index (χ3v) is 5.16. The Labute approximate surface area is 170 Å². The lowest BCUT2D eigenvalue weighted by Crippen LogP contribution is -2.52. The molecule has 2 heterocycles. The number of anilines is 1. The number of benzene rings is 1. The van der Waals surface area contributed by atoms with Gasteiger partial charge in [0.05, 0.1) is 24.1 Å². The van der Waals surface area contributed by atoms with E-state index < -0.39 is 12.0 Å². The van der Waals surface area contributed by atoms with Gasteiger partial charge in [0.1, 0.15) is 0 Å². The zero-order chi connectivity index (χ0) is 20.8. The molecule has 0 saturated carbocycles. The molecular weight excluding hydrogens is 372 g/mol. The first-order chi connectivity index (χ1) is 14.0. The van der Waals surface area contributed by atoms with Crippen LogP contribution < -0.4 is 16.0 Å². The predicted octanol–water partition coefficient (Wildman–Crippen LogP) is 1.86. The van der Waals surface area contributed by atoms with Crippen LogP contribution in [0.25, 0.3) is 0 Å². The Morgan fingerprint density at radius 3 is 2.76 bits per heavy atom. The molecule has 2 unspecified atom stereocenters. The number of urea groups is 1. The Hall–Kier alpha value is -2.87. The van der Waals surface area contributed by atoms with Crippen LogP contribution in [0.5, 0.6) is 0 Å². The number of hydrogen-bond acceptors (Lipinski definition) is 5. The SMILES string of the molecule is CCOC(=O)C1=C(CN2CCCC(C(=O)Nc3ccccc3)C2)NC(=O)NC1C. The summed E-state index contributed by atoms with van der Waals surface area (Å²) in [6, 6.07) is 8.62. The lowest BCUT2D eigenvalue weighted by molar-refractivity contribution is -0.139. The maximum Gasteiger partial charge on any atom is 0.337 e. The minimum atomic E-state index is -0.433. The fourth-order valence-corrected chi connectivity index (χ4v) is 3.81. The van der Waals surface area contributed by atoms with Gasteiger partial charge in [0.15, 0.2) is 0 Å². The van der Waals surface area contributed by atoms with E-state index >= 15 is 0 Å². The fraction of sp³-hybridized carbons (Fsp3) is 0.476. The van der Waals surface area contributed by atoms with E-state index in [2.05, 4.69) is 20.9 Å². The van der Waals surface area contributed by atoms with Crippen LogP contribution in [0.2, 0.25) is 0 Å². The molecule has 3 N–H and O–H groups in total. The first-order valence-electron chi connectivity index (χ1n) is 10.0. The Bertz CT molecular complexity index is 793. The topological polar surface area (TPSA) is 99.8 Å². The minimum absolute atomic E-state index is 0.0109. The number of rotatable bonds is 6. The average Bonchev–Trinajstić information content (AvgIpc) is 2.68. The molecule has 0 aromatic heterocycles. The van der Waals surface area contributed by atoms with Crippen LogP contribution in [0, 0.1) is 5.92 Å². The van der Waals surface area contributed by atoms with Crippen LogP contribution in [-0.2, 0) is 14.3 Å². The van der Waals surface area contributed by atoms with Crippen LogP contribution >= 0.6 is 0 Å². The van der Waals surface area contributed by atoms with E-state index in [1.807, 2.05) is 30.3 Å². The monoisotopic (exact) mass is 400 g/mol. The van der Waals surface area contributed by atoms with Crippen LogP contribution in [-0.4, -0.2) is 55.1 Å². The maximum atomic E-state index is 12.7. The summed E-state index contributed by atoms with van der Waals surface area (Å²) < 4.78 is 5.16. The van der Waals surface area contributed by atoms with Gasteiger partial charge >= 0.3 is 12.0 Å². The van der Waals surface area contributed by atoms with Crippen molar-refractivity contribution in [2.75, 3.05) is 31.6 Å². The number of piperidine rings is 1. The lowest BCUT2D eigenvalue weighted by Gasteiger charge is -2.35. The number of carbonyl (C=O) groups excluding carboxylic acids is 3. The Morgan fingerprint density at radius 2 is 2.03 bits per heavy atom. The van der Waals surface area contributed by atoms with E-state index in [0.717, 1.165) is 25.1 Å². The summed E-state index contributed by atoms with van der Waals surface area (Å²) in [4.78, 5) is 39.1. The predicted molar refractivity (Wildman–Crippen MR) is 109 cm³/mol. The van der Waals surface area contributed by atoms with E-state index in [9.17, 15) is 14.4 Å². The van der Waals surface area contributed by atoms with E-state index in [0.29, 0.717) is 24.4 Å². The third-order valence-electron chi connectivity index (χ3n) is 5.16. The number of nitrogens with one attached hydrogen (secondary N) is 3. The molecule has 0 spiro atoms. The average molecular weight is 400 g/mol. The molecule has 2 aliphatic heterocycles. The largest absolute Gasteiger partial charge is 0.463 e. The number of para-hydroxylation sites is 1. The summed E-state index contributed by atoms with van der Waals surface area (Å²) in [6.07, 6.45) is 1.68. The molecule has 2 atom stereocenters. The van der Waals surface area contributed by atoms with Crippen LogP contribution in [0.15, 0.2) is 41.6 Å². The van der Waals surface area contributed by atoms with Crippen molar-refractivity contribution in [2.45, 2.75) is 32.7 Å². The van der Waals surface area contributed by atoms with Gasteiger partial charge in [0.2, 0.25) is 5.91 Å². The van der Waals surface area contributed by atoms with Crippen molar-refractivity contribution >= 4 is 23.6 Å². The molecule has 8 heteroatoms. The van der Waals surface area contributed by atoms with Gasteiger partial charge in [-0.25, -0.2) is 9.59 Å². The van der Waals surface area contributed by atoms with Gasteiger partial charge in [-0.05, 0) is 45.4 Å². The molecule has 3 amide bonds. The molecule has 0 radical (unpaired) electrons. The Kier molecular flexibility index (Phi) is 6.87. The molecule has 1 saturated heterocycles. The molecule has 2 aliphatic rings. The minimum Gasteiger partial charge on any atom is -0.463 e. The van der Waals surface area contributed by atoms with Crippen LogP contribution in [0.3, 0.4) is 0 Å². The second-order valence-electron chi connectivity index (χ2n) is 7.36. The molecule has 1 aromatic carbocycles. The maximum absolute atomic E-state index is 12.7. The number of esters is 1. The fourth-order valence-electron chi connectivity index (χ4n) is 3.81. The molecular formula is C21H28N4O4. The summed E-state index contributed by atoms with van der Waals surface area (Å²) in [5.74, 6) is -0.591. The third kappa shape index (κ3) is 5.35. The van der Waals surface area contributed by atoms with Crippen LogP contribution in [0.4, 0.5) is 10.5 Å². The van der Waals surface area contributed by atoms with E-state index in [1.165, 1.54) is 0 Å². The van der Waals surface area contributed by atoms with Crippen molar-refractivity contribution in [3.63, 3.8) is 0 Å². The van der Waals surface area contributed by atoms with Gasteiger partial charge < -0.3 is 20.7 Å². The zero-order valence-corrected chi connectivity index (χ0v) is 16.9. The van der Waals surface area contributed by atoms with Gasteiger partial charge in [-0.15, -0.1) is 0 Å². The number of likely N-dealkylation sites (tertiary alicyclic amines) is 1. The Morgan fingerprint density at radius 1 is 1.28 bits per heavy atom. The summed E-state index contributed by atoms with van der Waals surface area (Å²) in [5.41, 5.74) is 1.76. The van der Waals surface area contributed by atoms with Crippen molar-refractivity contribution in [3.05, 3.63) is 41.6 Å². The van der Waals surface area contributed by atoms with Crippen molar-refractivity contribution < 1.29 is 19.1 Å². The number of carbonyl (C=O) groups is 3. The highest BCUT2D eigenvalue weighted by Gasteiger charge is 2.32. The smallest absolute Gasteiger partial charge is 0.337 e. The summed E-state index contributed by atoms with van der Waals surface area (Å²) in [6.45, 7) is 5.53. The zero-order valence-electron chi connectivity index (χ0n) is 16.9. The molecule has 156 valence electrons. The Balaban J connectivity index is 1.69. The van der Waals surface area contributed by atoms with Gasteiger partial charge in [-0.3, -0.25) is 9.69 Å². The van der Waals surface area contributed by atoms with Crippen LogP contribution in [0.1, 0.15) is 26.7 Å². The second-order valence-corrected chi connectivity index (χ2v) is 7.36. The highest BCUT2D eigenvalue weighted by atomic mass is 16.5. The molecule has 8 nitrogen and oxygen atoms in total. The summed E-state index contributed by atoms with van der Waals surface area (Å²) >= 11 is 0.